The fourth-order valence-corrected chi connectivity index (χ4v) is 2.81. The summed E-state index contributed by atoms with van der Waals surface area (Å²) in [4.78, 5) is 0. The molecule has 0 spiro atoms. The van der Waals surface area contributed by atoms with Crippen LogP contribution in [0.25, 0.3) is 10.9 Å². The van der Waals surface area contributed by atoms with Gasteiger partial charge < -0.3 is 16.2 Å². The molecule has 1 saturated carbocycles. The van der Waals surface area contributed by atoms with Crippen molar-refractivity contribution in [1.82, 2.24) is 10.2 Å². The molecular formula is C14H20N4O. The SMILES string of the molecule is Nc1cc2cn[nH]c2cc1NCC1(O)CCCCC1. The molecule has 0 saturated heterocycles. The summed E-state index contributed by atoms with van der Waals surface area (Å²) < 4.78 is 0. The Labute approximate surface area is 112 Å². The molecule has 102 valence electrons. The second-order valence-corrected chi connectivity index (χ2v) is 5.54. The Morgan fingerprint density at radius 3 is 2.89 bits per heavy atom. The molecule has 19 heavy (non-hydrogen) atoms. The summed E-state index contributed by atoms with van der Waals surface area (Å²) in [6.07, 6.45) is 6.92. The number of aromatic amines is 1. The zero-order chi connectivity index (χ0) is 13.3. The van der Waals surface area contributed by atoms with Gasteiger partial charge in [-0.2, -0.15) is 5.10 Å². The molecule has 0 aliphatic heterocycles. The van der Waals surface area contributed by atoms with Gasteiger partial charge >= 0.3 is 0 Å². The average Bonchev–Trinajstić information content (AvgIpc) is 2.84. The van der Waals surface area contributed by atoms with Crippen molar-refractivity contribution in [2.45, 2.75) is 37.7 Å². The highest BCUT2D eigenvalue weighted by molar-refractivity contribution is 5.88. The molecule has 5 N–H and O–H groups in total. The number of aliphatic hydroxyl groups is 1. The van der Waals surface area contributed by atoms with Gasteiger partial charge in [0, 0.05) is 11.9 Å². The van der Waals surface area contributed by atoms with Crippen molar-refractivity contribution in [2.75, 3.05) is 17.6 Å². The first-order chi connectivity index (χ1) is 9.16. The monoisotopic (exact) mass is 260 g/mol. The summed E-state index contributed by atoms with van der Waals surface area (Å²) in [6.45, 7) is 0.552. The van der Waals surface area contributed by atoms with Gasteiger partial charge in [0.25, 0.3) is 0 Å². The zero-order valence-corrected chi connectivity index (χ0v) is 10.9. The van der Waals surface area contributed by atoms with E-state index in [0.717, 1.165) is 42.3 Å². The lowest BCUT2D eigenvalue weighted by Crippen LogP contribution is -2.38. The molecule has 1 aromatic carbocycles. The normalized spacial score (nSPS) is 18.6. The molecule has 0 atom stereocenters. The summed E-state index contributed by atoms with van der Waals surface area (Å²) in [6, 6.07) is 3.84. The Bertz CT molecular complexity index is 572. The van der Waals surface area contributed by atoms with Crippen molar-refractivity contribution in [3.8, 4) is 0 Å². The van der Waals surface area contributed by atoms with E-state index in [1.165, 1.54) is 6.42 Å². The van der Waals surface area contributed by atoms with Gasteiger partial charge in [-0.3, -0.25) is 5.10 Å². The van der Waals surface area contributed by atoms with Crippen LogP contribution in [-0.2, 0) is 0 Å². The van der Waals surface area contributed by atoms with Crippen molar-refractivity contribution in [3.63, 3.8) is 0 Å². The highest BCUT2D eigenvalue weighted by Crippen LogP contribution is 2.30. The fraction of sp³-hybridized carbons (Fsp3) is 0.500. The van der Waals surface area contributed by atoms with Gasteiger partial charge in [0.1, 0.15) is 0 Å². The predicted octanol–water partition coefficient (Wildman–Crippen LogP) is 2.25. The zero-order valence-electron chi connectivity index (χ0n) is 10.9. The first-order valence-electron chi connectivity index (χ1n) is 6.85. The highest BCUT2D eigenvalue weighted by atomic mass is 16.3. The minimum Gasteiger partial charge on any atom is -0.397 e. The van der Waals surface area contributed by atoms with Crippen LogP contribution < -0.4 is 11.1 Å². The number of nitrogens with zero attached hydrogens (tertiary/aromatic N) is 1. The Hall–Kier alpha value is -1.75. The Kier molecular flexibility index (Phi) is 3.06. The van der Waals surface area contributed by atoms with Crippen molar-refractivity contribution in [1.29, 1.82) is 0 Å². The Morgan fingerprint density at radius 2 is 2.11 bits per heavy atom. The minimum atomic E-state index is -0.590. The molecule has 5 heteroatoms. The van der Waals surface area contributed by atoms with E-state index in [2.05, 4.69) is 15.5 Å². The van der Waals surface area contributed by atoms with Gasteiger partial charge in [0.2, 0.25) is 0 Å². The third-order valence-corrected chi connectivity index (χ3v) is 4.00. The second kappa shape index (κ2) is 4.74. The molecule has 0 radical (unpaired) electrons. The van der Waals surface area contributed by atoms with E-state index >= 15 is 0 Å². The number of fused-ring (bicyclic) bond motifs is 1. The Morgan fingerprint density at radius 1 is 1.32 bits per heavy atom. The van der Waals surface area contributed by atoms with Gasteiger partial charge in [-0.1, -0.05) is 19.3 Å². The summed E-state index contributed by atoms with van der Waals surface area (Å²) in [5, 5.41) is 21.7. The van der Waals surface area contributed by atoms with Crippen LogP contribution in [0.1, 0.15) is 32.1 Å². The van der Waals surface area contributed by atoms with Gasteiger partial charge in [-0.15, -0.1) is 0 Å². The van der Waals surface area contributed by atoms with Crippen LogP contribution in [0.15, 0.2) is 18.3 Å². The van der Waals surface area contributed by atoms with E-state index in [1.807, 2.05) is 12.1 Å². The largest absolute Gasteiger partial charge is 0.397 e. The Balaban J connectivity index is 1.75. The van der Waals surface area contributed by atoms with Crippen LogP contribution in [0.3, 0.4) is 0 Å². The first kappa shape index (κ1) is 12.3. The summed E-state index contributed by atoms with van der Waals surface area (Å²) in [5.74, 6) is 0. The summed E-state index contributed by atoms with van der Waals surface area (Å²) >= 11 is 0. The molecule has 1 heterocycles. The molecule has 0 bridgehead atoms. The first-order valence-corrected chi connectivity index (χ1v) is 6.85. The third kappa shape index (κ3) is 2.51. The highest BCUT2D eigenvalue weighted by Gasteiger charge is 2.28. The molecule has 1 aromatic heterocycles. The number of rotatable bonds is 3. The molecule has 1 aliphatic rings. The van der Waals surface area contributed by atoms with Crippen molar-refractivity contribution in [3.05, 3.63) is 18.3 Å². The van der Waals surface area contributed by atoms with Crippen LogP contribution in [-0.4, -0.2) is 27.4 Å². The second-order valence-electron chi connectivity index (χ2n) is 5.54. The van der Waals surface area contributed by atoms with E-state index < -0.39 is 5.60 Å². The van der Waals surface area contributed by atoms with Crippen molar-refractivity contribution in [2.24, 2.45) is 0 Å². The number of nitrogens with one attached hydrogen (secondary N) is 2. The average molecular weight is 260 g/mol. The van der Waals surface area contributed by atoms with E-state index in [9.17, 15) is 5.11 Å². The topological polar surface area (TPSA) is 87.0 Å². The molecule has 1 fully saturated rings. The number of H-pyrrole nitrogens is 1. The number of hydrogen-bond donors (Lipinski definition) is 4. The van der Waals surface area contributed by atoms with Gasteiger partial charge in [-0.05, 0) is 25.0 Å². The quantitative estimate of drug-likeness (QED) is 0.637. The van der Waals surface area contributed by atoms with Crippen LogP contribution in [0.4, 0.5) is 11.4 Å². The minimum absolute atomic E-state index is 0.552. The summed E-state index contributed by atoms with van der Waals surface area (Å²) in [7, 11) is 0. The van der Waals surface area contributed by atoms with E-state index in [4.69, 9.17) is 5.73 Å². The maximum absolute atomic E-state index is 10.5. The van der Waals surface area contributed by atoms with Crippen LogP contribution in [0.5, 0.6) is 0 Å². The van der Waals surface area contributed by atoms with Crippen molar-refractivity contribution >= 4 is 22.3 Å². The van der Waals surface area contributed by atoms with E-state index in [0.29, 0.717) is 12.2 Å². The summed E-state index contributed by atoms with van der Waals surface area (Å²) in [5.41, 5.74) is 7.93. The lowest BCUT2D eigenvalue weighted by Gasteiger charge is -2.32. The van der Waals surface area contributed by atoms with Crippen LogP contribution in [0.2, 0.25) is 0 Å². The van der Waals surface area contributed by atoms with Crippen LogP contribution in [0, 0.1) is 0 Å². The lowest BCUT2D eigenvalue weighted by molar-refractivity contribution is 0.0167. The molecule has 0 unspecified atom stereocenters. The number of hydrogen-bond acceptors (Lipinski definition) is 4. The predicted molar refractivity (Wildman–Crippen MR) is 77.0 cm³/mol. The molecule has 0 amide bonds. The smallest absolute Gasteiger partial charge is 0.0819 e. The number of nitrogens with two attached hydrogens (primary N) is 1. The number of aromatic nitrogens is 2. The van der Waals surface area contributed by atoms with Crippen molar-refractivity contribution < 1.29 is 5.11 Å². The third-order valence-electron chi connectivity index (χ3n) is 4.00. The molecule has 1 aliphatic carbocycles. The number of anilines is 2. The van der Waals surface area contributed by atoms with E-state index in [-0.39, 0.29) is 0 Å². The lowest BCUT2D eigenvalue weighted by atomic mass is 9.85. The van der Waals surface area contributed by atoms with Gasteiger partial charge in [0.15, 0.2) is 0 Å². The molecule has 3 rings (SSSR count). The number of benzene rings is 1. The van der Waals surface area contributed by atoms with Gasteiger partial charge in [-0.25, -0.2) is 0 Å². The maximum Gasteiger partial charge on any atom is 0.0819 e. The van der Waals surface area contributed by atoms with Gasteiger partial charge in [0.05, 0.1) is 28.7 Å². The fourth-order valence-electron chi connectivity index (χ4n) is 2.81. The standard InChI is InChI=1S/C14H20N4O/c15-11-6-10-8-17-18-12(10)7-13(11)16-9-14(19)4-2-1-3-5-14/h6-8,16,19H,1-5,9,15H2,(H,17,18). The van der Waals surface area contributed by atoms with Crippen LogP contribution >= 0.6 is 0 Å². The number of nitrogen functional groups attached to an aromatic ring is 1. The molecule has 5 nitrogen and oxygen atoms in total. The molecular weight excluding hydrogens is 240 g/mol. The maximum atomic E-state index is 10.5. The van der Waals surface area contributed by atoms with E-state index in [1.54, 1.807) is 6.20 Å². The molecule has 2 aromatic rings.